The van der Waals surface area contributed by atoms with E-state index >= 15 is 0 Å². The maximum absolute atomic E-state index is 12.8. The van der Waals surface area contributed by atoms with E-state index in [1.165, 1.54) is 13.4 Å². The number of para-hydroxylation sites is 2. The Morgan fingerprint density at radius 2 is 1.42 bits per heavy atom. The summed E-state index contributed by atoms with van der Waals surface area (Å²) in [5, 5.41) is 0.874. The highest BCUT2D eigenvalue weighted by Crippen LogP contribution is 2.39. The zero-order chi connectivity index (χ0) is 30.2. The van der Waals surface area contributed by atoms with Gasteiger partial charge in [0, 0.05) is 39.4 Å². The molecule has 43 heavy (non-hydrogen) atoms. The number of fused-ring (bicyclic) bond motifs is 2. The molecule has 0 N–H and O–H groups in total. The van der Waals surface area contributed by atoms with Gasteiger partial charge in [-0.3, -0.25) is 4.98 Å². The summed E-state index contributed by atoms with van der Waals surface area (Å²) in [6, 6.07) is 31.5. The first-order valence-corrected chi connectivity index (χ1v) is 16.2. The fourth-order valence-electron chi connectivity index (χ4n) is 4.95. The highest BCUT2D eigenvalue weighted by Gasteiger charge is 2.33. The molecule has 0 saturated heterocycles. The van der Waals surface area contributed by atoms with Crippen LogP contribution in [0.25, 0.3) is 55.6 Å². The highest BCUT2D eigenvalue weighted by atomic mass is 32.2. The molecule has 6 aromatic rings. The summed E-state index contributed by atoms with van der Waals surface area (Å²) in [6.07, 6.45) is 3.03. The summed E-state index contributed by atoms with van der Waals surface area (Å²) in [5.74, 6) is 0. The number of benzene rings is 4. The molecule has 0 aliphatic rings. The minimum atomic E-state index is -3.39. The molecule has 0 saturated carbocycles. The monoisotopic (exact) mass is 607 g/mol. The Morgan fingerprint density at radius 3 is 2.09 bits per heavy atom. The van der Waals surface area contributed by atoms with Crippen molar-refractivity contribution in [2.24, 2.45) is 0 Å². The van der Waals surface area contributed by atoms with Gasteiger partial charge in [0.2, 0.25) is 0 Å². The van der Waals surface area contributed by atoms with Gasteiger partial charge in [0.15, 0.2) is 9.84 Å². The van der Waals surface area contributed by atoms with Crippen molar-refractivity contribution >= 4 is 43.8 Å². The average Bonchev–Trinajstić information content (AvgIpc) is 3.02. The molecule has 0 atom stereocenters. The van der Waals surface area contributed by atoms with Gasteiger partial charge in [-0.2, -0.15) is 4.33 Å². The lowest BCUT2D eigenvalue weighted by atomic mass is 9.92. The van der Waals surface area contributed by atoms with Gasteiger partial charge >= 0.3 is 0 Å². The van der Waals surface area contributed by atoms with E-state index in [0.717, 1.165) is 72.5 Å². The first-order valence-electron chi connectivity index (χ1n) is 13.6. The van der Waals surface area contributed by atoms with Crippen molar-refractivity contribution in [1.82, 2.24) is 15.0 Å². The van der Waals surface area contributed by atoms with Crippen LogP contribution >= 0.6 is 12.0 Å². The van der Waals surface area contributed by atoms with Crippen LogP contribution in [0.4, 0.5) is 0 Å². The Kier molecular flexibility index (Phi) is 7.74. The zero-order valence-electron chi connectivity index (χ0n) is 24.1. The third-order valence-electron chi connectivity index (χ3n) is 7.67. The molecule has 0 unspecified atom stereocenters. The van der Waals surface area contributed by atoms with Crippen molar-refractivity contribution in [2.75, 3.05) is 13.4 Å². The largest absolute Gasteiger partial charge is 0.256 e. The van der Waals surface area contributed by atoms with E-state index in [4.69, 9.17) is 19.2 Å². The molecule has 7 nitrogen and oxygen atoms in total. The number of aromatic nitrogens is 3. The van der Waals surface area contributed by atoms with Crippen molar-refractivity contribution in [1.29, 1.82) is 0 Å². The molecule has 2 aromatic heterocycles. The van der Waals surface area contributed by atoms with Crippen molar-refractivity contribution in [2.45, 2.75) is 23.5 Å². The standard InChI is InChI=1S/C34H29N3O4S2/c1-34(2,43(4,38)39)26-20-25-11-8-18-35-31(25)28(21-26)23-9-7-10-24(19-23)33-32(36-29-12-5-6-13-30(29)37-33)22-14-16-27(17-15-22)42-41-40-3/h5-21H,1-4H3. The van der Waals surface area contributed by atoms with Crippen LogP contribution in [-0.4, -0.2) is 36.7 Å². The molecular formula is C34H29N3O4S2. The van der Waals surface area contributed by atoms with Gasteiger partial charge in [0.25, 0.3) is 0 Å². The first kappa shape index (κ1) is 28.9. The Hall–Kier alpha value is -4.15. The van der Waals surface area contributed by atoms with Crippen LogP contribution in [0.1, 0.15) is 19.4 Å². The highest BCUT2D eigenvalue weighted by molar-refractivity contribution is 7.94. The summed E-state index contributed by atoms with van der Waals surface area (Å²) in [4.78, 5) is 20.4. The van der Waals surface area contributed by atoms with Crippen molar-refractivity contribution in [3.05, 3.63) is 109 Å². The molecule has 0 fully saturated rings. The van der Waals surface area contributed by atoms with Crippen LogP contribution in [-0.2, 0) is 23.8 Å². The Bertz CT molecular complexity index is 2080. The van der Waals surface area contributed by atoms with Crippen molar-refractivity contribution in [3.63, 3.8) is 0 Å². The molecule has 216 valence electrons. The van der Waals surface area contributed by atoms with E-state index in [-0.39, 0.29) is 0 Å². The summed E-state index contributed by atoms with van der Waals surface area (Å²) in [7, 11) is -1.93. The number of nitrogens with zero attached hydrogens (tertiary/aromatic N) is 3. The molecular weight excluding hydrogens is 579 g/mol. The lowest BCUT2D eigenvalue weighted by molar-refractivity contribution is -0.160. The van der Waals surface area contributed by atoms with Gasteiger partial charge < -0.3 is 0 Å². The predicted octanol–water partition coefficient (Wildman–Crippen LogP) is 8.04. The number of hydrogen-bond acceptors (Lipinski definition) is 8. The van der Waals surface area contributed by atoms with Crippen LogP contribution < -0.4 is 0 Å². The van der Waals surface area contributed by atoms with Crippen molar-refractivity contribution in [3.8, 4) is 33.6 Å². The maximum atomic E-state index is 12.8. The van der Waals surface area contributed by atoms with Gasteiger partial charge in [0.1, 0.15) is 0 Å². The van der Waals surface area contributed by atoms with E-state index in [0.29, 0.717) is 5.56 Å². The van der Waals surface area contributed by atoms with Gasteiger partial charge in [0.05, 0.1) is 51.8 Å². The SMILES string of the molecule is COOSc1ccc(-c2nc3ccccc3nc2-c2cccc(-c3cc(C(C)(C)S(C)(=O)=O)cc4cccnc34)c2)cc1. The lowest BCUT2D eigenvalue weighted by Crippen LogP contribution is -2.28. The quantitative estimate of drug-likeness (QED) is 0.0975. The Balaban J connectivity index is 1.54. The first-order chi connectivity index (χ1) is 20.7. The lowest BCUT2D eigenvalue weighted by Gasteiger charge is -2.24. The van der Waals surface area contributed by atoms with Gasteiger partial charge in [-0.05, 0) is 73.5 Å². The second kappa shape index (κ2) is 11.5. The topological polar surface area (TPSA) is 91.3 Å². The summed E-state index contributed by atoms with van der Waals surface area (Å²) in [6.45, 7) is 3.48. The van der Waals surface area contributed by atoms with E-state index in [1.54, 1.807) is 20.0 Å². The molecule has 0 spiro atoms. The van der Waals surface area contributed by atoms with Gasteiger partial charge in [-0.15, -0.1) is 0 Å². The zero-order valence-corrected chi connectivity index (χ0v) is 25.7. The average molecular weight is 608 g/mol. The van der Waals surface area contributed by atoms with Crippen molar-refractivity contribution < 1.29 is 17.6 Å². The van der Waals surface area contributed by atoms with Crippen LogP contribution in [0.3, 0.4) is 0 Å². The molecule has 4 aromatic carbocycles. The molecule has 2 heterocycles. The third kappa shape index (κ3) is 5.64. The second-order valence-electron chi connectivity index (χ2n) is 10.7. The minimum Gasteiger partial charge on any atom is -0.256 e. The molecule has 0 aliphatic carbocycles. The maximum Gasteiger partial charge on any atom is 0.156 e. The van der Waals surface area contributed by atoms with E-state index < -0.39 is 14.6 Å². The number of rotatable bonds is 8. The van der Waals surface area contributed by atoms with Crippen LogP contribution in [0.5, 0.6) is 0 Å². The fourth-order valence-corrected chi connectivity index (χ4v) is 5.89. The number of sulfone groups is 1. The predicted molar refractivity (Wildman–Crippen MR) is 173 cm³/mol. The van der Waals surface area contributed by atoms with Gasteiger partial charge in [-0.1, -0.05) is 48.5 Å². The summed E-state index contributed by atoms with van der Waals surface area (Å²) in [5.41, 5.74) is 8.10. The van der Waals surface area contributed by atoms with Crippen LogP contribution in [0.2, 0.25) is 0 Å². The molecule has 0 radical (unpaired) electrons. The van der Waals surface area contributed by atoms with Gasteiger partial charge in [-0.25, -0.2) is 23.3 Å². The molecule has 0 amide bonds. The van der Waals surface area contributed by atoms with E-state index in [2.05, 4.69) is 11.1 Å². The summed E-state index contributed by atoms with van der Waals surface area (Å²) >= 11 is 1.13. The molecule has 0 aliphatic heterocycles. The van der Waals surface area contributed by atoms with Crippen LogP contribution in [0.15, 0.2) is 108 Å². The third-order valence-corrected chi connectivity index (χ3v) is 10.4. The minimum absolute atomic E-state index is 0.706. The second-order valence-corrected chi connectivity index (χ2v) is 14.1. The van der Waals surface area contributed by atoms with E-state index in [1.807, 2.05) is 91.0 Å². The number of pyridine rings is 1. The smallest absolute Gasteiger partial charge is 0.156 e. The summed E-state index contributed by atoms with van der Waals surface area (Å²) < 4.78 is 29.5. The Morgan fingerprint density at radius 1 is 0.744 bits per heavy atom. The molecule has 6 rings (SSSR count). The number of hydrogen-bond donors (Lipinski definition) is 0. The fraction of sp³-hybridized carbons (Fsp3) is 0.147. The molecule has 9 heteroatoms. The van der Waals surface area contributed by atoms with E-state index in [9.17, 15) is 8.42 Å². The molecule has 0 bridgehead atoms. The normalized spacial score (nSPS) is 12.2. The van der Waals surface area contributed by atoms with Crippen LogP contribution in [0, 0.1) is 0 Å². The Labute approximate surface area is 255 Å².